The molecule has 5 heteroatoms. The second kappa shape index (κ2) is 4.85. The van der Waals surface area contributed by atoms with Gasteiger partial charge in [0.2, 0.25) is 0 Å². The molecule has 0 aliphatic heterocycles. The van der Waals surface area contributed by atoms with Gasteiger partial charge in [-0.25, -0.2) is 0 Å². The van der Waals surface area contributed by atoms with E-state index >= 15 is 0 Å². The lowest BCUT2D eigenvalue weighted by Gasteiger charge is -2.14. The van der Waals surface area contributed by atoms with Crippen molar-refractivity contribution in [3.05, 3.63) is 42.0 Å². The first-order chi connectivity index (χ1) is 7.79. The summed E-state index contributed by atoms with van der Waals surface area (Å²) >= 11 is 0. The maximum Gasteiger partial charge on any atom is 0.0544 e. The Morgan fingerprint density at radius 2 is 2.25 bits per heavy atom. The van der Waals surface area contributed by atoms with Crippen LogP contribution in [0.15, 0.2) is 30.9 Å². The number of hydrogen-bond acceptors (Lipinski definition) is 4. The number of likely N-dealkylation sites (N-methyl/N-ethyl adjacent to an activating group) is 1. The van der Waals surface area contributed by atoms with Crippen molar-refractivity contribution >= 4 is 0 Å². The third-order valence-corrected chi connectivity index (χ3v) is 2.56. The number of hydrogen-bond donors (Lipinski definition) is 1. The van der Waals surface area contributed by atoms with Crippen LogP contribution in [0.3, 0.4) is 0 Å². The Hall–Kier alpha value is -1.75. The fraction of sp³-hybridized carbons (Fsp3) is 0.364. The molecule has 1 unspecified atom stereocenters. The summed E-state index contributed by atoms with van der Waals surface area (Å²) in [5.41, 5.74) is 2.35. The highest BCUT2D eigenvalue weighted by atomic mass is 15.2. The van der Waals surface area contributed by atoms with Gasteiger partial charge >= 0.3 is 0 Å². The van der Waals surface area contributed by atoms with Crippen LogP contribution < -0.4 is 5.32 Å². The van der Waals surface area contributed by atoms with Crippen molar-refractivity contribution in [1.29, 1.82) is 0 Å². The number of nitrogens with one attached hydrogen (secondary N) is 1. The fourth-order valence-corrected chi connectivity index (χ4v) is 1.71. The van der Waals surface area contributed by atoms with Crippen LogP contribution in [-0.4, -0.2) is 27.0 Å². The van der Waals surface area contributed by atoms with Crippen molar-refractivity contribution in [2.45, 2.75) is 12.5 Å². The summed E-state index contributed by atoms with van der Waals surface area (Å²) in [6, 6.07) is 2.23. The average molecular weight is 217 g/mol. The number of aromatic nitrogens is 4. The smallest absolute Gasteiger partial charge is 0.0544 e. The van der Waals surface area contributed by atoms with E-state index in [0.717, 1.165) is 12.0 Å². The molecule has 84 valence electrons. The molecule has 2 aromatic heterocycles. The molecule has 16 heavy (non-hydrogen) atoms. The predicted octanol–water partition coefficient (Wildman–Crippen LogP) is 0.713. The van der Waals surface area contributed by atoms with Gasteiger partial charge in [0, 0.05) is 25.5 Å². The van der Waals surface area contributed by atoms with Gasteiger partial charge in [-0.05, 0) is 30.7 Å². The quantitative estimate of drug-likeness (QED) is 0.819. The molecule has 2 rings (SSSR count). The molecule has 5 nitrogen and oxygen atoms in total. The normalized spacial score (nSPS) is 12.6. The van der Waals surface area contributed by atoms with Crippen LogP contribution in [0, 0.1) is 0 Å². The molecule has 0 amide bonds. The lowest BCUT2D eigenvalue weighted by molar-refractivity contribution is 0.587. The molecule has 0 radical (unpaired) electrons. The zero-order valence-corrected chi connectivity index (χ0v) is 9.46. The summed E-state index contributed by atoms with van der Waals surface area (Å²) in [5.74, 6) is 0. The van der Waals surface area contributed by atoms with Gasteiger partial charge in [-0.1, -0.05) is 0 Å². The zero-order chi connectivity index (χ0) is 11.4. The molecular formula is C11H15N5. The lowest BCUT2D eigenvalue weighted by Crippen LogP contribution is -2.18. The number of nitrogens with zero attached hydrogens (tertiary/aromatic N) is 4. The number of aryl methyl sites for hydroxylation is 1. The summed E-state index contributed by atoms with van der Waals surface area (Å²) in [6.45, 7) is 0. The molecule has 0 bridgehead atoms. The molecule has 0 spiro atoms. The Kier molecular flexibility index (Phi) is 3.26. The Bertz CT molecular complexity index is 437. The van der Waals surface area contributed by atoms with Gasteiger partial charge in [-0.3, -0.25) is 4.68 Å². The minimum absolute atomic E-state index is 0.250. The van der Waals surface area contributed by atoms with E-state index < -0.39 is 0 Å². The second-order valence-electron chi connectivity index (χ2n) is 3.74. The summed E-state index contributed by atoms with van der Waals surface area (Å²) in [7, 11) is 3.87. The van der Waals surface area contributed by atoms with Crippen molar-refractivity contribution in [3.8, 4) is 0 Å². The predicted molar refractivity (Wildman–Crippen MR) is 60.7 cm³/mol. The summed E-state index contributed by atoms with van der Waals surface area (Å²) in [4.78, 5) is 0. The molecule has 0 saturated carbocycles. The summed E-state index contributed by atoms with van der Waals surface area (Å²) < 4.78 is 1.81. The third kappa shape index (κ3) is 2.43. The van der Waals surface area contributed by atoms with Gasteiger partial charge in [0.1, 0.15) is 0 Å². The van der Waals surface area contributed by atoms with Gasteiger partial charge in [0.15, 0.2) is 0 Å². The summed E-state index contributed by atoms with van der Waals surface area (Å²) in [5, 5.41) is 15.1. The molecule has 0 fully saturated rings. The maximum absolute atomic E-state index is 4.16. The van der Waals surface area contributed by atoms with E-state index in [1.165, 1.54) is 5.56 Å². The SMILES string of the molecule is CNC(Cc1cnn(C)c1)c1ccnnc1. The Morgan fingerprint density at radius 3 is 2.81 bits per heavy atom. The highest BCUT2D eigenvalue weighted by Gasteiger charge is 2.11. The van der Waals surface area contributed by atoms with Gasteiger partial charge in [-0.2, -0.15) is 15.3 Å². The topological polar surface area (TPSA) is 55.6 Å². The van der Waals surface area contributed by atoms with Gasteiger partial charge in [0.05, 0.1) is 12.4 Å². The zero-order valence-electron chi connectivity index (χ0n) is 9.46. The van der Waals surface area contributed by atoms with E-state index in [4.69, 9.17) is 0 Å². The number of rotatable bonds is 4. The van der Waals surface area contributed by atoms with Crippen LogP contribution in [-0.2, 0) is 13.5 Å². The van der Waals surface area contributed by atoms with E-state index in [2.05, 4.69) is 20.6 Å². The van der Waals surface area contributed by atoms with Crippen LogP contribution in [0.25, 0.3) is 0 Å². The molecular weight excluding hydrogens is 202 g/mol. The molecule has 0 aromatic carbocycles. The van der Waals surface area contributed by atoms with Crippen molar-refractivity contribution in [3.63, 3.8) is 0 Å². The van der Waals surface area contributed by atoms with Crippen LogP contribution in [0.5, 0.6) is 0 Å². The third-order valence-electron chi connectivity index (χ3n) is 2.56. The van der Waals surface area contributed by atoms with E-state index in [-0.39, 0.29) is 6.04 Å². The first kappa shape index (κ1) is 10.8. The Morgan fingerprint density at radius 1 is 1.38 bits per heavy atom. The molecule has 2 heterocycles. The molecule has 2 aromatic rings. The van der Waals surface area contributed by atoms with Gasteiger partial charge in [-0.15, -0.1) is 0 Å². The highest BCUT2D eigenvalue weighted by Crippen LogP contribution is 2.15. The molecule has 1 N–H and O–H groups in total. The van der Waals surface area contributed by atoms with E-state index in [9.17, 15) is 0 Å². The van der Waals surface area contributed by atoms with E-state index in [1.807, 2.05) is 37.2 Å². The van der Waals surface area contributed by atoms with Crippen LogP contribution in [0.2, 0.25) is 0 Å². The van der Waals surface area contributed by atoms with E-state index in [1.54, 1.807) is 12.4 Å². The molecule has 0 aliphatic rings. The minimum Gasteiger partial charge on any atom is -0.313 e. The standard InChI is InChI=1S/C11H15N5/c1-12-11(10-3-4-13-14-7-10)5-9-6-15-16(2)8-9/h3-4,6-8,11-12H,5H2,1-2H3. The molecule has 0 aliphatic carbocycles. The van der Waals surface area contributed by atoms with Crippen molar-refractivity contribution in [1.82, 2.24) is 25.3 Å². The fourth-order valence-electron chi connectivity index (χ4n) is 1.71. The first-order valence-electron chi connectivity index (χ1n) is 5.21. The average Bonchev–Trinajstić information content (AvgIpc) is 2.73. The molecule has 0 saturated heterocycles. The highest BCUT2D eigenvalue weighted by molar-refractivity contribution is 5.16. The largest absolute Gasteiger partial charge is 0.313 e. The monoisotopic (exact) mass is 217 g/mol. The second-order valence-corrected chi connectivity index (χ2v) is 3.74. The Labute approximate surface area is 94.5 Å². The Balaban J connectivity index is 2.12. The van der Waals surface area contributed by atoms with E-state index in [0.29, 0.717) is 0 Å². The van der Waals surface area contributed by atoms with Crippen LogP contribution >= 0.6 is 0 Å². The first-order valence-corrected chi connectivity index (χ1v) is 5.21. The summed E-state index contributed by atoms with van der Waals surface area (Å²) in [6.07, 6.45) is 8.31. The maximum atomic E-state index is 4.16. The van der Waals surface area contributed by atoms with Gasteiger partial charge in [0.25, 0.3) is 0 Å². The lowest BCUT2D eigenvalue weighted by atomic mass is 10.0. The van der Waals surface area contributed by atoms with Crippen molar-refractivity contribution in [2.24, 2.45) is 7.05 Å². The van der Waals surface area contributed by atoms with Crippen molar-refractivity contribution < 1.29 is 0 Å². The van der Waals surface area contributed by atoms with Gasteiger partial charge < -0.3 is 5.32 Å². The van der Waals surface area contributed by atoms with Crippen LogP contribution in [0.1, 0.15) is 17.2 Å². The van der Waals surface area contributed by atoms with Crippen molar-refractivity contribution in [2.75, 3.05) is 7.05 Å². The molecule has 1 atom stereocenters. The van der Waals surface area contributed by atoms with Crippen LogP contribution in [0.4, 0.5) is 0 Å². The minimum atomic E-state index is 0.250.